The van der Waals surface area contributed by atoms with Crippen LogP contribution in [0.5, 0.6) is 11.5 Å². The number of rotatable bonds is 5. The van der Waals surface area contributed by atoms with Gasteiger partial charge in [0.2, 0.25) is 10.7 Å². The monoisotopic (exact) mass is 482 g/mol. The van der Waals surface area contributed by atoms with Gasteiger partial charge in [-0.1, -0.05) is 35.2 Å². The van der Waals surface area contributed by atoms with Gasteiger partial charge in [0.15, 0.2) is 11.3 Å². The van der Waals surface area contributed by atoms with Crippen LogP contribution < -0.4 is 15.0 Å². The number of hydrogen-bond donors (Lipinski definition) is 0. The molecule has 1 aromatic carbocycles. The van der Waals surface area contributed by atoms with E-state index in [1.165, 1.54) is 41.0 Å². The maximum absolute atomic E-state index is 13.1. The molecule has 160 valence electrons. The minimum Gasteiger partial charge on any atom is -0.496 e. The minimum absolute atomic E-state index is 0.0449. The Kier molecular flexibility index (Phi) is 5.37. The van der Waals surface area contributed by atoms with Crippen molar-refractivity contribution in [2.75, 3.05) is 14.2 Å². The third-order valence-electron chi connectivity index (χ3n) is 4.56. The van der Waals surface area contributed by atoms with Crippen molar-refractivity contribution in [3.8, 4) is 16.6 Å². The lowest BCUT2D eigenvalue weighted by atomic mass is 10.3. The SMILES string of the molecule is COc1ccccc1Sc1ccc2nc(-n3c(=S)oc4c(OC)ccnc4c3=O)sc2n1. The Morgan fingerprint density at radius 1 is 1.06 bits per heavy atom. The van der Waals surface area contributed by atoms with Crippen molar-refractivity contribution in [3.05, 3.63) is 63.9 Å². The Morgan fingerprint density at radius 2 is 1.88 bits per heavy atom. The molecule has 0 N–H and O–H groups in total. The number of ether oxygens (including phenoxy) is 2. The topological polar surface area (TPSA) is 92.3 Å². The van der Waals surface area contributed by atoms with E-state index in [0.717, 1.165) is 15.7 Å². The first-order valence-corrected chi connectivity index (χ1v) is 11.3. The minimum atomic E-state index is -0.433. The molecular weight excluding hydrogens is 468 g/mol. The van der Waals surface area contributed by atoms with Crippen molar-refractivity contribution in [2.45, 2.75) is 9.92 Å². The predicted molar refractivity (Wildman–Crippen MR) is 125 cm³/mol. The van der Waals surface area contributed by atoms with E-state index >= 15 is 0 Å². The van der Waals surface area contributed by atoms with Gasteiger partial charge >= 0.3 is 0 Å². The molecule has 0 saturated heterocycles. The van der Waals surface area contributed by atoms with Gasteiger partial charge in [-0.2, -0.15) is 0 Å². The molecule has 0 spiro atoms. The molecule has 0 fully saturated rings. The number of aromatic nitrogens is 4. The Bertz CT molecular complexity index is 1590. The maximum atomic E-state index is 13.1. The molecule has 4 heterocycles. The van der Waals surface area contributed by atoms with Crippen LogP contribution in [0.1, 0.15) is 0 Å². The van der Waals surface area contributed by atoms with Gasteiger partial charge in [0.1, 0.15) is 21.1 Å². The number of benzene rings is 1. The van der Waals surface area contributed by atoms with Crippen LogP contribution >= 0.6 is 35.3 Å². The van der Waals surface area contributed by atoms with Crippen LogP contribution in [0.3, 0.4) is 0 Å². The molecule has 11 heteroatoms. The van der Waals surface area contributed by atoms with Crippen LogP contribution in [-0.2, 0) is 0 Å². The number of thiazole rings is 1. The number of methoxy groups -OCH3 is 2. The molecule has 32 heavy (non-hydrogen) atoms. The molecule has 8 nitrogen and oxygen atoms in total. The summed E-state index contributed by atoms with van der Waals surface area (Å²) >= 11 is 8.07. The lowest BCUT2D eigenvalue weighted by Gasteiger charge is -2.06. The molecule has 0 aliphatic rings. The summed E-state index contributed by atoms with van der Waals surface area (Å²) in [7, 11) is 3.12. The van der Waals surface area contributed by atoms with Gasteiger partial charge in [0.05, 0.1) is 19.1 Å². The number of hydrogen-bond acceptors (Lipinski definition) is 10. The summed E-state index contributed by atoms with van der Waals surface area (Å²) in [6.45, 7) is 0. The number of pyridine rings is 2. The molecule has 0 saturated carbocycles. The average molecular weight is 483 g/mol. The Morgan fingerprint density at radius 3 is 2.69 bits per heavy atom. The molecule has 0 unspecified atom stereocenters. The van der Waals surface area contributed by atoms with E-state index in [4.69, 9.17) is 26.1 Å². The molecular formula is C21H14N4O4S3. The maximum Gasteiger partial charge on any atom is 0.290 e. The lowest BCUT2D eigenvalue weighted by Crippen LogP contribution is -2.20. The zero-order valence-corrected chi connectivity index (χ0v) is 19.2. The van der Waals surface area contributed by atoms with Crippen LogP contribution in [0.25, 0.3) is 26.6 Å². The summed E-state index contributed by atoms with van der Waals surface area (Å²) in [6.07, 6.45) is 1.48. The van der Waals surface area contributed by atoms with Gasteiger partial charge in [0.25, 0.3) is 10.4 Å². The summed E-state index contributed by atoms with van der Waals surface area (Å²) in [5.74, 6) is 1.15. The highest BCUT2D eigenvalue weighted by Gasteiger charge is 2.17. The van der Waals surface area contributed by atoms with Crippen LogP contribution in [0, 0.1) is 4.84 Å². The van der Waals surface area contributed by atoms with Gasteiger partial charge in [-0.25, -0.2) is 19.5 Å². The number of para-hydroxylation sites is 1. The second-order valence-electron chi connectivity index (χ2n) is 6.42. The van der Waals surface area contributed by atoms with Crippen molar-refractivity contribution in [3.63, 3.8) is 0 Å². The van der Waals surface area contributed by atoms with Crippen LogP contribution in [0.4, 0.5) is 0 Å². The fourth-order valence-electron chi connectivity index (χ4n) is 3.09. The van der Waals surface area contributed by atoms with Crippen molar-refractivity contribution in [1.29, 1.82) is 0 Å². The molecule has 0 amide bonds. The van der Waals surface area contributed by atoms with E-state index in [9.17, 15) is 4.79 Å². The highest BCUT2D eigenvalue weighted by atomic mass is 32.2. The molecule has 0 aliphatic carbocycles. The fourth-order valence-corrected chi connectivity index (χ4v) is 5.29. The highest BCUT2D eigenvalue weighted by Crippen LogP contribution is 2.35. The Hall–Kier alpha value is -3.28. The number of fused-ring (bicyclic) bond motifs is 2. The van der Waals surface area contributed by atoms with Gasteiger partial charge in [-0.15, -0.1) is 0 Å². The normalized spacial score (nSPS) is 11.2. The van der Waals surface area contributed by atoms with E-state index in [2.05, 4.69) is 15.0 Å². The standard InChI is InChI=1S/C21H14N4O4S3/c1-27-12-5-3-4-6-14(12)31-15-8-7-11-18(24-15)32-20(23-11)25-19(26)16-17(29-21(25)30)13(28-2)9-10-22-16/h3-10H,1-2H3. The van der Waals surface area contributed by atoms with E-state index in [1.54, 1.807) is 13.2 Å². The zero-order valence-electron chi connectivity index (χ0n) is 16.8. The third-order valence-corrected chi connectivity index (χ3v) is 6.77. The van der Waals surface area contributed by atoms with Crippen molar-refractivity contribution in [1.82, 2.24) is 19.5 Å². The van der Waals surface area contributed by atoms with E-state index in [-0.39, 0.29) is 15.9 Å². The summed E-state index contributed by atoms with van der Waals surface area (Å²) < 4.78 is 17.6. The first kappa shape index (κ1) is 20.6. The quantitative estimate of drug-likeness (QED) is 0.325. The van der Waals surface area contributed by atoms with Crippen molar-refractivity contribution < 1.29 is 13.9 Å². The molecule has 0 radical (unpaired) electrons. The Labute approximate surface area is 194 Å². The third kappa shape index (κ3) is 3.53. The fraction of sp³-hybridized carbons (Fsp3) is 0.0952. The molecule has 0 aliphatic heterocycles. The summed E-state index contributed by atoms with van der Waals surface area (Å²) in [4.78, 5) is 28.1. The van der Waals surface area contributed by atoms with Crippen molar-refractivity contribution in [2.24, 2.45) is 0 Å². The van der Waals surface area contributed by atoms with Gasteiger partial charge < -0.3 is 13.9 Å². The van der Waals surface area contributed by atoms with Gasteiger partial charge in [-0.05, 0) is 36.5 Å². The van der Waals surface area contributed by atoms with Gasteiger partial charge in [-0.3, -0.25) is 4.79 Å². The van der Waals surface area contributed by atoms with E-state index < -0.39 is 5.56 Å². The molecule has 5 aromatic rings. The predicted octanol–water partition coefficient (Wildman–Crippen LogP) is 4.88. The van der Waals surface area contributed by atoms with Gasteiger partial charge in [0, 0.05) is 12.3 Å². The van der Waals surface area contributed by atoms with E-state index in [0.29, 0.717) is 21.2 Å². The van der Waals surface area contributed by atoms with Crippen molar-refractivity contribution >= 4 is 56.8 Å². The van der Waals surface area contributed by atoms with E-state index in [1.807, 2.05) is 36.4 Å². The molecule has 0 bridgehead atoms. The highest BCUT2D eigenvalue weighted by molar-refractivity contribution is 7.99. The molecule has 4 aromatic heterocycles. The molecule has 5 rings (SSSR count). The zero-order chi connectivity index (χ0) is 22.2. The number of nitrogens with zero attached hydrogens (tertiary/aromatic N) is 4. The first-order chi connectivity index (χ1) is 15.6. The Balaban J connectivity index is 1.60. The summed E-state index contributed by atoms with van der Waals surface area (Å²) in [5.41, 5.74) is 0.528. The molecule has 0 atom stereocenters. The van der Waals surface area contributed by atoms with Crippen LogP contribution in [-0.4, -0.2) is 33.7 Å². The largest absolute Gasteiger partial charge is 0.496 e. The lowest BCUT2D eigenvalue weighted by molar-refractivity contribution is 0.404. The second-order valence-corrected chi connectivity index (χ2v) is 8.79. The summed E-state index contributed by atoms with van der Waals surface area (Å²) in [5, 5.41) is 1.13. The summed E-state index contributed by atoms with van der Waals surface area (Å²) in [6, 6.07) is 13.1. The first-order valence-electron chi connectivity index (χ1n) is 9.26. The average Bonchev–Trinajstić information content (AvgIpc) is 3.22. The second kappa shape index (κ2) is 8.34. The smallest absolute Gasteiger partial charge is 0.290 e. The van der Waals surface area contributed by atoms with Crippen LogP contribution in [0.15, 0.2) is 67.8 Å². The van der Waals surface area contributed by atoms with Crippen LogP contribution in [0.2, 0.25) is 0 Å².